The number of nitrogens with zero attached hydrogens (tertiary/aromatic N) is 4. The second-order valence-electron chi connectivity index (χ2n) is 4.32. The number of aromatic nitrogens is 3. The Kier molecular flexibility index (Phi) is 4.21. The van der Waals surface area contributed by atoms with Gasteiger partial charge in [0.15, 0.2) is 0 Å². The third-order valence-electron chi connectivity index (χ3n) is 2.48. The first-order chi connectivity index (χ1) is 9.06. The smallest absolute Gasteiger partial charge is 0.229 e. The Hall–Kier alpha value is -1.82. The van der Waals surface area contributed by atoms with Crippen LogP contribution in [0.4, 0.5) is 11.9 Å². The van der Waals surface area contributed by atoms with Crippen LogP contribution in [0.15, 0.2) is 35.2 Å². The lowest BCUT2D eigenvalue weighted by Crippen LogP contribution is -2.16. The molecule has 0 aliphatic rings. The predicted molar refractivity (Wildman–Crippen MR) is 79.3 cm³/mol. The van der Waals surface area contributed by atoms with Crippen LogP contribution in [-0.4, -0.2) is 29.0 Å². The lowest BCUT2D eigenvalue weighted by molar-refractivity contribution is 0.865. The first-order valence-electron chi connectivity index (χ1n) is 5.96. The fourth-order valence-electron chi connectivity index (χ4n) is 1.53. The van der Waals surface area contributed by atoms with Crippen LogP contribution < -0.4 is 10.6 Å². The van der Waals surface area contributed by atoms with Crippen LogP contribution >= 0.6 is 11.8 Å². The van der Waals surface area contributed by atoms with E-state index in [0.29, 0.717) is 11.8 Å². The topological polar surface area (TPSA) is 67.9 Å². The lowest BCUT2D eigenvalue weighted by atomic mass is 10.4. The molecule has 1 heterocycles. The summed E-state index contributed by atoms with van der Waals surface area (Å²) in [7, 11) is 3.76. The average Bonchev–Trinajstić information content (AvgIpc) is 2.39. The van der Waals surface area contributed by atoms with Gasteiger partial charge in [0, 0.05) is 19.0 Å². The quantitative estimate of drug-likeness (QED) is 0.864. The number of nitrogens with two attached hydrogens (primary N) is 1. The van der Waals surface area contributed by atoms with Gasteiger partial charge in [-0.3, -0.25) is 0 Å². The third-order valence-corrected chi connectivity index (χ3v) is 3.59. The van der Waals surface area contributed by atoms with Gasteiger partial charge in [0.25, 0.3) is 0 Å². The Bertz CT molecular complexity index is 544. The van der Waals surface area contributed by atoms with Crippen molar-refractivity contribution in [2.75, 3.05) is 24.7 Å². The van der Waals surface area contributed by atoms with Crippen molar-refractivity contribution < 1.29 is 0 Å². The molecule has 0 fully saturated rings. The van der Waals surface area contributed by atoms with E-state index in [9.17, 15) is 0 Å². The Morgan fingerprint density at radius 3 is 2.42 bits per heavy atom. The molecule has 5 nitrogen and oxygen atoms in total. The van der Waals surface area contributed by atoms with Crippen LogP contribution in [0.3, 0.4) is 0 Å². The minimum absolute atomic E-state index is 0.117. The van der Waals surface area contributed by atoms with Gasteiger partial charge >= 0.3 is 0 Å². The largest absolute Gasteiger partial charge is 0.368 e. The Morgan fingerprint density at radius 1 is 1.11 bits per heavy atom. The maximum absolute atomic E-state index is 5.73. The van der Waals surface area contributed by atoms with E-state index in [2.05, 4.69) is 34.0 Å². The average molecular weight is 275 g/mol. The van der Waals surface area contributed by atoms with Crippen molar-refractivity contribution in [1.82, 2.24) is 15.0 Å². The number of thioether (sulfide) groups is 1. The highest BCUT2D eigenvalue weighted by Crippen LogP contribution is 2.33. The summed E-state index contributed by atoms with van der Waals surface area (Å²) >= 11 is 1.70. The molecule has 1 unspecified atom stereocenters. The normalized spacial score (nSPS) is 12.2. The molecule has 0 aliphatic heterocycles. The van der Waals surface area contributed by atoms with E-state index in [1.54, 1.807) is 11.8 Å². The lowest BCUT2D eigenvalue weighted by Gasteiger charge is -2.14. The Labute approximate surface area is 117 Å². The van der Waals surface area contributed by atoms with E-state index < -0.39 is 0 Å². The van der Waals surface area contributed by atoms with Crippen molar-refractivity contribution >= 4 is 23.7 Å². The highest BCUT2D eigenvalue weighted by Gasteiger charge is 2.14. The maximum Gasteiger partial charge on any atom is 0.229 e. The number of hydrogen-bond donors (Lipinski definition) is 1. The number of nitrogen functional groups attached to an aromatic ring is 1. The van der Waals surface area contributed by atoms with Crippen LogP contribution in [0.25, 0.3) is 0 Å². The first kappa shape index (κ1) is 13.6. The summed E-state index contributed by atoms with van der Waals surface area (Å²) in [6.45, 7) is 2.06. The molecule has 0 saturated carbocycles. The molecule has 100 valence electrons. The van der Waals surface area contributed by atoms with Gasteiger partial charge in [-0.25, -0.2) is 0 Å². The van der Waals surface area contributed by atoms with Gasteiger partial charge in [0.1, 0.15) is 5.82 Å². The van der Waals surface area contributed by atoms with E-state index in [0.717, 1.165) is 0 Å². The van der Waals surface area contributed by atoms with Gasteiger partial charge < -0.3 is 10.6 Å². The van der Waals surface area contributed by atoms with Gasteiger partial charge in [-0.2, -0.15) is 15.0 Å². The van der Waals surface area contributed by atoms with Gasteiger partial charge in [0.2, 0.25) is 11.9 Å². The molecule has 0 spiro atoms. The molecule has 1 aromatic heterocycles. The van der Waals surface area contributed by atoms with E-state index in [1.807, 2.05) is 37.2 Å². The predicted octanol–water partition coefficient (Wildman–Crippen LogP) is 2.37. The second-order valence-corrected chi connectivity index (χ2v) is 5.73. The summed E-state index contributed by atoms with van der Waals surface area (Å²) in [5.74, 6) is 1.54. The van der Waals surface area contributed by atoms with Crippen molar-refractivity contribution in [2.24, 2.45) is 0 Å². The summed E-state index contributed by atoms with van der Waals surface area (Å²) < 4.78 is 0. The van der Waals surface area contributed by atoms with Gasteiger partial charge in [-0.1, -0.05) is 18.2 Å². The molecule has 1 aromatic carbocycles. The highest BCUT2D eigenvalue weighted by atomic mass is 32.2. The molecule has 1 atom stereocenters. The van der Waals surface area contributed by atoms with Crippen LogP contribution in [0.5, 0.6) is 0 Å². The molecule has 0 amide bonds. The molecule has 0 saturated heterocycles. The summed E-state index contributed by atoms with van der Waals surface area (Å²) in [5, 5.41) is 0.117. The molecule has 2 N–H and O–H groups in total. The summed E-state index contributed by atoms with van der Waals surface area (Å²) in [6.07, 6.45) is 0. The van der Waals surface area contributed by atoms with Crippen molar-refractivity contribution in [2.45, 2.75) is 17.1 Å². The van der Waals surface area contributed by atoms with Gasteiger partial charge in [0.05, 0.1) is 5.25 Å². The Morgan fingerprint density at radius 2 is 1.79 bits per heavy atom. The molecule has 6 heteroatoms. The minimum Gasteiger partial charge on any atom is -0.368 e. The number of anilines is 2. The number of rotatable bonds is 4. The third kappa shape index (κ3) is 3.57. The number of benzene rings is 1. The molecule has 0 aliphatic carbocycles. The van der Waals surface area contributed by atoms with Crippen LogP contribution in [-0.2, 0) is 0 Å². The van der Waals surface area contributed by atoms with Crippen molar-refractivity contribution in [3.05, 3.63) is 36.2 Å². The van der Waals surface area contributed by atoms with E-state index in [-0.39, 0.29) is 11.2 Å². The van der Waals surface area contributed by atoms with Crippen LogP contribution in [0, 0.1) is 0 Å². The van der Waals surface area contributed by atoms with Crippen LogP contribution in [0.2, 0.25) is 0 Å². The first-order valence-corrected chi connectivity index (χ1v) is 6.84. The van der Waals surface area contributed by atoms with Crippen molar-refractivity contribution in [3.8, 4) is 0 Å². The molecular weight excluding hydrogens is 258 g/mol. The monoisotopic (exact) mass is 275 g/mol. The van der Waals surface area contributed by atoms with Crippen LogP contribution in [0.1, 0.15) is 18.0 Å². The van der Waals surface area contributed by atoms with E-state index in [4.69, 9.17) is 5.73 Å². The molecule has 19 heavy (non-hydrogen) atoms. The Balaban J connectivity index is 2.21. The highest BCUT2D eigenvalue weighted by molar-refractivity contribution is 7.99. The molecule has 0 radical (unpaired) electrons. The molecule has 2 aromatic rings. The summed E-state index contributed by atoms with van der Waals surface area (Å²) in [4.78, 5) is 15.7. The van der Waals surface area contributed by atoms with Crippen molar-refractivity contribution in [1.29, 1.82) is 0 Å². The summed E-state index contributed by atoms with van der Waals surface area (Å²) in [5.41, 5.74) is 5.73. The van der Waals surface area contributed by atoms with Crippen molar-refractivity contribution in [3.63, 3.8) is 0 Å². The fourth-order valence-corrected chi connectivity index (χ4v) is 2.47. The maximum atomic E-state index is 5.73. The van der Waals surface area contributed by atoms with Gasteiger partial charge in [-0.05, 0) is 19.1 Å². The molecule has 0 bridgehead atoms. The minimum atomic E-state index is 0.117. The molecule has 2 rings (SSSR count). The fraction of sp³-hybridized carbons (Fsp3) is 0.308. The standard InChI is InChI=1S/C13H17N5S/c1-9(19-10-7-5-4-6-8-10)11-15-12(14)17-13(16-11)18(2)3/h4-9H,1-3H3,(H2,14,15,16,17). The molecular formula is C13H17N5S. The SMILES string of the molecule is CC(Sc1ccccc1)c1nc(N)nc(N(C)C)n1. The zero-order valence-electron chi connectivity index (χ0n) is 11.2. The number of hydrogen-bond acceptors (Lipinski definition) is 6. The second kappa shape index (κ2) is 5.88. The zero-order chi connectivity index (χ0) is 13.8. The van der Waals surface area contributed by atoms with Gasteiger partial charge in [-0.15, -0.1) is 11.8 Å². The van der Waals surface area contributed by atoms with E-state index >= 15 is 0 Å². The zero-order valence-corrected chi connectivity index (χ0v) is 12.1. The summed E-state index contributed by atoms with van der Waals surface area (Å²) in [6, 6.07) is 10.2. The van der Waals surface area contributed by atoms with E-state index in [1.165, 1.54) is 4.90 Å².